The molecule has 1 amide bonds. The normalized spacial score (nSPS) is 16.6. The van der Waals surface area contributed by atoms with Crippen LogP contribution in [0.5, 0.6) is 0 Å². The molecule has 1 atom stereocenters. The van der Waals surface area contributed by atoms with Crippen molar-refractivity contribution in [2.24, 2.45) is 5.92 Å². The lowest BCUT2D eigenvalue weighted by Crippen LogP contribution is -2.42. The van der Waals surface area contributed by atoms with Gasteiger partial charge in [-0.1, -0.05) is 25.6 Å². The molecule has 1 aliphatic carbocycles. The van der Waals surface area contributed by atoms with Crippen molar-refractivity contribution in [3.63, 3.8) is 0 Å². The minimum absolute atomic E-state index is 0.0354. The first-order valence-corrected chi connectivity index (χ1v) is 7.53. The highest BCUT2D eigenvalue weighted by Crippen LogP contribution is 2.37. The number of aliphatic hydroxyl groups is 1. The third kappa shape index (κ3) is 3.94. The first kappa shape index (κ1) is 14.3. The predicted molar refractivity (Wildman–Crippen MR) is 72.9 cm³/mol. The minimum atomic E-state index is -0.186. The van der Waals surface area contributed by atoms with E-state index >= 15 is 0 Å². The summed E-state index contributed by atoms with van der Waals surface area (Å²) in [6, 6.07) is 0.329. The number of thioether (sulfide) groups is 1. The van der Waals surface area contributed by atoms with Crippen molar-refractivity contribution < 1.29 is 9.90 Å². The molecule has 1 aliphatic rings. The summed E-state index contributed by atoms with van der Waals surface area (Å²) in [4.78, 5) is 11.8. The van der Waals surface area contributed by atoms with Gasteiger partial charge in [-0.2, -0.15) is 0 Å². The molecule has 0 saturated heterocycles. The summed E-state index contributed by atoms with van der Waals surface area (Å²) in [5, 5.41) is 20.7. The Balaban J connectivity index is 1.81. The summed E-state index contributed by atoms with van der Waals surface area (Å²) in [6.45, 7) is 3.91. The molecule has 0 radical (unpaired) electrons. The molecule has 1 aromatic heterocycles. The first-order chi connectivity index (χ1) is 9.11. The number of aliphatic hydroxyl groups excluding tert-OH is 1. The average Bonchev–Trinajstić information content (AvgIpc) is 3.12. The number of rotatable bonds is 7. The van der Waals surface area contributed by atoms with Crippen LogP contribution in [0, 0.1) is 5.92 Å². The molecule has 2 N–H and O–H groups in total. The van der Waals surface area contributed by atoms with Gasteiger partial charge in [-0.3, -0.25) is 4.79 Å². The molecule has 2 rings (SSSR count). The van der Waals surface area contributed by atoms with Crippen LogP contribution in [0.4, 0.5) is 0 Å². The second-order valence-electron chi connectivity index (χ2n) is 5.14. The smallest absolute Gasteiger partial charge is 0.230 e. The quantitative estimate of drug-likeness (QED) is 0.725. The van der Waals surface area contributed by atoms with Gasteiger partial charge in [-0.05, 0) is 18.8 Å². The van der Waals surface area contributed by atoms with Crippen LogP contribution in [0.25, 0.3) is 0 Å². The van der Waals surface area contributed by atoms with Crippen molar-refractivity contribution in [1.82, 2.24) is 20.1 Å². The summed E-state index contributed by atoms with van der Waals surface area (Å²) >= 11 is 1.39. The molecule has 0 spiro atoms. The van der Waals surface area contributed by atoms with Crippen molar-refractivity contribution in [2.45, 2.75) is 43.9 Å². The molecule has 106 valence electrons. The SMILES string of the molecule is CC(C)C(CO)NC(=O)CSc1nncn1C1CC1. The number of hydrogen-bond donors (Lipinski definition) is 2. The topological polar surface area (TPSA) is 80.0 Å². The van der Waals surface area contributed by atoms with Crippen LogP contribution in [-0.2, 0) is 4.79 Å². The minimum Gasteiger partial charge on any atom is -0.394 e. The number of amides is 1. The zero-order chi connectivity index (χ0) is 13.8. The summed E-state index contributed by atoms with van der Waals surface area (Å²) in [7, 11) is 0. The fourth-order valence-electron chi connectivity index (χ4n) is 1.74. The zero-order valence-corrected chi connectivity index (χ0v) is 12.1. The molecule has 1 unspecified atom stereocenters. The van der Waals surface area contributed by atoms with Gasteiger partial charge < -0.3 is 15.0 Å². The second-order valence-corrected chi connectivity index (χ2v) is 6.08. The van der Waals surface area contributed by atoms with E-state index in [1.54, 1.807) is 6.33 Å². The molecule has 1 fully saturated rings. The van der Waals surface area contributed by atoms with Crippen LogP contribution >= 0.6 is 11.8 Å². The standard InChI is InChI=1S/C12H20N4O2S/c1-8(2)10(5-17)14-11(18)6-19-12-15-13-7-16(12)9-3-4-9/h7-10,17H,3-6H2,1-2H3,(H,14,18). The molecule has 19 heavy (non-hydrogen) atoms. The van der Waals surface area contributed by atoms with E-state index in [0.717, 1.165) is 18.0 Å². The van der Waals surface area contributed by atoms with Crippen LogP contribution in [0.1, 0.15) is 32.7 Å². The van der Waals surface area contributed by atoms with Gasteiger partial charge in [0.2, 0.25) is 5.91 Å². The molecule has 1 aromatic rings. The summed E-state index contributed by atoms with van der Waals surface area (Å²) < 4.78 is 2.03. The fourth-order valence-corrected chi connectivity index (χ4v) is 2.53. The van der Waals surface area contributed by atoms with Gasteiger partial charge in [0, 0.05) is 6.04 Å². The number of hydrogen-bond acceptors (Lipinski definition) is 5. The summed E-state index contributed by atoms with van der Waals surface area (Å²) in [6.07, 6.45) is 4.05. The van der Waals surface area contributed by atoms with Crippen LogP contribution in [0.15, 0.2) is 11.5 Å². The Bertz CT molecular complexity index is 431. The van der Waals surface area contributed by atoms with E-state index in [9.17, 15) is 9.90 Å². The molecule has 7 heteroatoms. The lowest BCUT2D eigenvalue weighted by molar-refractivity contribution is -0.119. The second kappa shape index (κ2) is 6.38. The lowest BCUT2D eigenvalue weighted by Gasteiger charge is -2.19. The molecular formula is C12H20N4O2S. The van der Waals surface area contributed by atoms with E-state index in [1.165, 1.54) is 11.8 Å². The Morgan fingerprint density at radius 3 is 2.95 bits per heavy atom. The highest BCUT2D eigenvalue weighted by atomic mass is 32.2. The fraction of sp³-hybridized carbons (Fsp3) is 0.750. The Hall–Kier alpha value is -1.08. The third-order valence-corrected chi connectivity index (χ3v) is 4.12. The van der Waals surface area contributed by atoms with Crippen molar-refractivity contribution in [3.8, 4) is 0 Å². The van der Waals surface area contributed by atoms with Crippen molar-refractivity contribution in [1.29, 1.82) is 0 Å². The van der Waals surface area contributed by atoms with Crippen molar-refractivity contribution in [3.05, 3.63) is 6.33 Å². The monoisotopic (exact) mass is 284 g/mol. The molecule has 1 heterocycles. The Kier molecular flexibility index (Phi) is 4.81. The molecular weight excluding hydrogens is 264 g/mol. The first-order valence-electron chi connectivity index (χ1n) is 6.54. The van der Waals surface area contributed by atoms with E-state index in [2.05, 4.69) is 15.5 Å². The maximum atomic E-state index is 11.8. The number of aromatic nitrogens is 3. The molecule has 0 aromatic carbocycles. The van der Waals surface area contributed by atoms with Gasteiger partial charge in [0.25, 0.3) is 0 Å². The zero-order valence-electron chi connectivity index (χ0n) is 11.2. The van der Waals surface area contributed by atoms with Gasteiger partial charge >= 0.3 is 0 Å². The van der Waals surface area contributed by atoms with E-state index in [4.69, 9.17) is 0 Å². The lowest BCUT2D eigenvalue weighted by atomic mass is 10.1. The number of nitrogens with zero attached hydrogens (tertiary/aromatic N) is 3. The van der Waals surface area contributed by atoms with Crippen LogP contribution in [-0.4, -0.2) is 44.2 Å². The van der Waals surface area contributed by atoms with Gasteiger partial charge in [0.05, 0.1) is 18.4 Å². The maximum Gasteiger partial charge on any atom is 0.230 e. The Morgan fingerprint density at radius 1 is 1.63 bits per heavy atom. The number of carbonyl (C=O) groups excluding carboxylic acids is 1. The Labute approximate surface area is 117 Å². The van der Waals surface area contributed by atoms with Crippen LogP contribution < -0.4 is 5.32 Å². The van der Waals surface area contributed by atoms with Crippen molar-refractivity contribution >= 4 is 17.7 Å². The van der Waals surface area contributed by atoms with E-state index < -0.39 is 0 Å². The third-order valence-electron chi connectivity index (χ3n) is 3.16. The average molecular weight is 284 g/mol. The highest BCUT2D eigenvalue weighted by molar-refractivity contribution is 7.99. The predicted octanol–water partition coefficient (Wildman–Crippen LogP) is 0.838. The molecule has 1 saturated carbocycles. The maximum absolute atomic E-state index is 11.8. The van der Waals surface area contributed by atoms with E-state index in [-0.39, 0.29) is 24.5 Å². The van der Waals surface area contributed by atoms with Crippen LogP contribution in [0.3, 0.4) is 0 Å². The summed E-state index contributed by atoms with van der Waals surface area (Å²) in [5.41, 5.74) is 0. The van der Waals surface area contributed by atoms with E-state index in [1.807, 2.05) is 18.4 Å². The summed E-state index contributed by atoms with van der Waals surface area (Å²) in [5.74, 6) is 0.436. The van der Waals surface area contributed by atoms with E-state index in [0.29, 0.717) is 11.8 Å². The van der Waals surface area contributed by atoms with Gasteiger partial charge in [-0.15, -0.1) is 10.2 Å². The van der Waals surface area contributed by atoms with Crippen molar-refractivity contribution in [2.75, 3.05) is 12.4 Å². The van der Waals surface area contributed by atoms with Crippen LogP contribution in [0.2, 0.25) is 0 Å². The highest BCUT2D eigenvalue weighted by Gasteiger charge is 2.26. The Morgan fingerprint density at radius 2 is 2.37 bits per heavy atom. The number of nitrogens with one attached hydrogen (secondary N) is 1. The molecule has 6 nitrogen and oxygen atoms in total. The number of carbonyl (C=O) groups is 1. The van der Waals surface area contributed by atoms with Gasteiger partial charge in [0.1, 0.15) is 6.33 Å². The molecule has 0 bridgehead atoms. The van der Waals surface area contributed by atoms with Gasteiger partial charge in [0.15, 0.2) is 5.16 Å². The van der Waals surface area contributed by atoms with Gasteiger partial charge in [-0.25, -0.2) is 0 Å². The largest absolute Gasteiger partial charge is 0.394 e. The molecule has 0 aliphatic heterocycles.